The molecule has 1 aliphatic rings. The average molecular weight is 292 g/mol. The number of benzene rings is 1. The van der Waals surface area contributed by atoms with Gasteiger partial charge in [-0.05, 0) is 49.5 Å². The van der Waals surface area contributed by atoms with E-state index < -0.39 is 0 Å². The van der Waals surface area contributed by atoms with Gasteiger partial charge in [-0.3, -0.25) is 4.79 Å². The lowest BCUT2D eigenvalue weighted by molar-refractivity contribution is -0.122. The highest BCUT2D eigenvalue weighted by atomic mass is 19.1. The van der Waals surface area contributed by atoms with Gasteiger partial charge in [0.25, 0.3) is 0 Å². The molecule has 0 radical (unpaired) electrons. The Morgan fingerprint density at radius 2 is 1.95 bits per heavy atom. The molecule has 116 valence electrons. The molecule has 2 atom stereocenters. The van der Waals surface area contributed by atoms with E-state index in [0.717, 1.165) is 18.5 Å². The SMILES string of the molecule is CN(C)CC(C)(C)CNC(=O)C1CC1c1ccc(F)cc1. The van der Waals surface area contributed by atoms with Crippen LogP contribution in [-0.2, 0) is 4.79 Å². The largest absolute Gasteiger partial charge is 0.355 e. The Labute approximate surface area is 126 Å². The molecule has 1 fully saturated rings. The third kappa shape index (κ3) is 4.53. The van der Waals surface area contributed by atoms with Crippen LogP contribution in [0.5, 0.6) is 0 Å². The second kappa shape index (κ2) is 6.14. The minimum atomic E-state index is -0.231. The van der Waals surface area contributed by atoms with Crippen molar-refractivity contribution in [2.24, 2.45) is 11.3 Å². The van der Waals surface area contributed by atoms with Crippen LogP contribution < -0.4 is 5.32 Å². The standard InChI is InChI=1S/C17H25FN2O/c1-17(2,11-20(3)4)10-19-16(21)15-9-14(15)12-5-7-13(18)8-6-12/h5-8,14-15H,9-11H2,1-4H3,(H,19,21). The molecule has 0 aromatic heterocycles. The van der Waals surface area contributed by atoms with Crippen LogP contribution >= 0.6 is 0 Å². The van der Waals surface area contributed by atoms with E-state index in [1.807, 2.05) is 14.1 Å². The fourth-order valence-electron chi connectivity index (χ4n) is 2.93. The van der Waals surface area contributed by atoms with Gasteiger partial charge in [-0.1, -0.05) is 26.0 Å². The van der Waals surface area contributed by atoms with E-state index in [9.17, 15) is 9.18 Å². The van der Waals surface area contributed by atoms with Gasteiger partial charge in [0.2, 0.25) is 5.91 Å². The summed E-state index contributed by atoms with van der Waals surface area (Å²) in [4.78, 5) is 14.3. The molecular weight excluding hydrogens is 267 g/mol. The van der Waals surface area contributed by atoms with Crippen LogP contribution in [0.1, 0.15) is 31.7 Å². The van der Waals surface area contributed by atoms with Gasteiger partial charge in [0, 0.05) is 19.0 Å². The number of rotatable bonds is 6. The maximum atomic E-state index is 12.9. The summed E-state index contributed by atoms with van der Waals surface area (Å²) in [6, 6.07) is 6.48. The molecule has 0 aliphatic heterocycles. The highest BCUT2D eigenvalue weighted by Crippen LogP contribution is 2.47. The van der Waals surface area contributed by atoms with Gasteiger partial charge < -0.3 is 10.2 Å². The molecule has 1 saturated carbocycles. The summed E-state index contributed by atoms with van der Waals surface area (Å²) in [6.45, 7) is 5.91. The van der Waals surface area contributed by atoms with Crippen LogP contribution in [0, 0.1) is 17.2 Å². The molecule has 1 N–H and O–H groups in total. The molecule has 0 saturated heterocycles. The summed E-state index contributed by atoms with van der Waals surface area (Å²) in [5.41, 5.74) is 1.11. The van der Waals surface area contributed by atoms with Crippen molar-refractivity contribution in [3.63, 3.8) is 0 Å². The lowest BCUT2D eigenvalue weighted by Crippen LogP contribution is -2.40. The minimum absolute atomic E-state index is 0.0469. The van der Waals surface area contributed by atoms with E-state index in [1.54, 1.807) is 12.1 Å². The number of nitrogens with one attached hydrogen (secondary N) is 1. The number of hydrogen-bond donors (Lipinski definition) is 1. The Morgan fingerprint density at radius 1 is 1.33 bits per heavy atom. The molecular formula is C17H25FN2O. The first kappa shape index (κ1) is 16.0. The normalized spacial score (nSPS) is 21.4. The van der Waals surface area contributed by atoms with Crippen LogP contribution in [0.4, 0.5) is 4.39 Å². The zero-order valence-electron chi connectivity index (χ0n) is 13.3. The van der Waals surface area contributed by atoms with Gasteiger partial charge in [0.1, 0.15) is 5.82 Å². The van der Waals surface area contributed by atoms with Crippen molar-refractivity contribution >= 4 is 5.91 Å². The number of carbonyl (C=O) groups excluding carboxylic acids is 1. The van der Waals surface area contributed by atoms with E-state index in [-0.39, 0.29) is 29.0 Å². The minimum Gasteiger partial charge on any atom is -0.355 e. The van der Waals surface area contributed by atoms with Crippen molar-refractivity contribution in [1.29, 1.82) is 0 Å². The fourth-order valence-corrected chi connectivity index (χ4v) is 2.93. The van der Waals surface area contributed by atoms with Crippen molar-refractivity contribution in [2.45, 2.75) is 26.2 Å². The smallest absolute Gasteiger partial charge is 0.223 e. The van der Waals surface area contributed by atoms with Crippen molar-refractivity contribution < 1.29 is 9.18 Å². The number of amides is 1. The van der Waals surface area contributed by atoms with Crippen LogP contribution in [-0.4, -0.2) is 38.0 Å². The predicted molar refractivity (Wildman–Crippen MR) is 82.6 cm³/mol. The van der Waals surface area contributed by atoms with Crippen molar-refractivity contribution in [1.82, 2.24) is 10.2 Å². The highest BCUT2D eigenvalue weighted by molar-refractivity contribution is 5.82. The summed E-state index contributed by atoms with van der Waals surface area (Å²) in [7, 11) is 4.07. The quantitative estimate of drug-likeness (QED) is 0.874. The van der Waals surface area contributed by atoms with Crippen LogP contribution in [0.15, 0.2) is 24.3 Å². The summed E-state index contributed by atoms with van der Waals surface area (Å²) >= 11 is 0. The molecule has 2 rings (SSSR count). The van der Waals surface area contributed by atoms with Gasteiger partial charge in [-0.15, -0.1) is 0 Å². The number of hydrogen-bond acceptors (Lipinski definition) is 2. The molecule has 1 aliphatic carbocycles. The molecule has 4 heteroatoms. The molecule has 1 aromatic carbocycles. The van der Waals surface area contributed by atoms with Gasteiger partial charge in [0.05, 0.1) is 0 Å². The number of nitrogens with zero attached hydrogens (tertiary/aromatic N) is 1. The molecule has 21 heavy (non-hydrogen) atoms. The lowest BCUT2D eigenvalue weighted by Gasteiger charge is -2.28. The molecule has 0 spiro atoms. The number of carbonyl (C=O) groups is 1. The highest BCUT2D eigenvalue weighted by Gasteiger charge is 2.44. The Morgan fingerprint density at radius 3 is 2.52 bits per heavy atom. The zero-order valence-corrected chi connectivity index (χ0v) is 13.3. The second-order valence-electron chi connectivity index (χ2n) is 7.12. The monoisotopic (exact) mass is 292 g/mol. The topological polar surface area (TPSA) is 32.3 Å². The molecule has 0 heterocycles. The van der Waals surface area contributed by atoms with Gasteiger partial charge >= 0.3 is 0 Å². The summed E-state index contributed by atoms with van der Waals surface area (Å²) < 4.78 is 12.9. The van der Waals surface area contributed by atoms with Gasteiger partial charge in [-0.25, -0.2) is 4.39 Å². The molecule has 1 amide bonds. The Kier molecular flexibility index (Phi) is 4.67. The van der Waals surface area contributed by atoms with Crippen LogP contribution in [0.2, 0.25) is 0 Å². The molecule has 3 nitrogen and oxygen atoms in total. The van der Waals surface area contributed by atoms with Crippen molar-refractivity contribution in [3.05, 3.63) is 35.6 Å². The van der Waals surface area contributed by atoms with E-state index in [2.05, 4.69) is 24.1 Å². The van der Waals surface area contributed by atoms with E-state index in [1.165, 1.54) is 12.1 Å². The lowest BCUT2D eigenvalue weighted by atomic mass is 9.93. The van der Waals surface area contributed by atoms with E-state index in [4.69, 9.17) is 0 Å². The Balaban J connectivity index is 1.82. The second-order valence-corrected chi connectivity index (χ2v) is 7.12. The molecule has 2 unspecified atom stereocenters. The maximum Gasteiger partial charge on any atom is 0.223 e. The summed E-state index contributed by atoms with van der Waals surface area (Å²) in [5, 5.41) is 3.06. The van der Waals surface area contributed by atoms with Gasteiger partial charge in [0.15, 0.2) is 0 Å². The summed E-state index contributed by atoms with van der Waals surface area (Å²) in [6.07, 6.45) is 0.867. The Bertz CT molecular complexity index is 496. The third-order valence-corrected chi connectivity index (χ3v) is 3.91. The van der Waals surface area contributed by atoms with E-state index >= 15 is 0 Å². The predicted octanol–water partition coefficient (Wildman–Crippen LogP) is 2.63. The van der Waals surface area contributed by atoms with Crippen LogP contribution in [0.25, 0.3) is 0 Å². The molecule has 0 bridgehead atoms. The average Bonchev–Trinajstić information content (AvgIpc) is 3.16. The van der Waals surface area contributed by atoms with Crippen LogP contribution in [0.3, 0.4) is 0 Å². The maximum absolute atomic E-state index is 12.9. The first-order valence-corrected chi connectivity index (χ1v) is 7.46. The zero-order chi connectivity index (χ0) is 15.6. The first-order valence-electron chi connectivity index (χ1n) is 7.46. The fraction of sp³-hybridized carbons (Fsp3) is 0.588. The Hall–Kier alpha value is -1.42. The van der Waals surface area contributed by atoms with Crippen molar-refractivity contribution in [3.8, 4) is 0 Å². The summed E-state index contributed by atoms with van der Waals surface area (Å²) in [5.74, 6) is 0.190. The molecule has 1 aromatic rings. The van der Waals surface area contributed by atoms with E-state index in [0.29, 0.717) is 6.54 Å². The first-order chi connectivity index (χ1) is 9.78. The van der Waals surface area contributed by atoms with Gasteiger partial charge in [-0.2, -0.15) is 0 Å². The number of halogens is 1. The van der Waals surface area contributed by atoms with Crippen molar-refractivity contribution in [2.75, 3.05) is 27.2 Å². The third-order valence-electron chi connectivity index (χ3n) is 3.91.